The summed E-state index contributed by atoms with van der Waals surface area (Å²) in [6.45, 7) is 0.207. The zero-order valence-electron chi connectivity index (χ0n) is 9.23. The summed E-state index contributed by atoms with van der Waals surface area (Å²) in [6.07, 6.45) is 1.54. The van der Waals surface area contributed by atoms with E-state index >= 15 is 0 Å². The van der Waals surface area contributed by atoms with Crippen molar-refractivity contribution in [2.24, 2.45) is 0 Å². The monoisotopic (exact) mass is 309 g/mol. The lowest BCUT2D eigenvalue weighted by Crippen LogP contribution is -2.24. The lowest BCUT2D eigenvalue weighted by atomic mass is 10.2. The smallest absolute Gasteiger partial charge is 0.254 e. The molecule has 0 saturated heterocycles. The highest BCUT2D eigenvalue weighted by atomic mass is 79.9. The molecular weight excluding hydrogens is 301 g/mol. The maximum absolute atomic E-state index is 13.6. The van der Waals surface area contributed by atoms with Crippen molar-refractivity contribution in [2.45, 2.75) is 6.54 Å². The number of aromatic nitrogens is 2. The predicted octanol–water partition coefficient (Wildman–Crippen LogP) is 2.31. The van der Waals surface area contributed by atoms with E-state index in [9.17, 15) is 9.18 Å². The number of carbonyl (C=O) groups excluding carboxylic acids is 1. The summed E-state index contributed by atoms with van der Waals surface area (Å²) >= 11 is 3.03. The van der Waals surface area contributed by atoms with Crippen molar-refractivity contribution in [3.63, 3.8) is 0 Å². The first-order valence-corrected chi connectivity index (χ1v) is 5.96. The lowest BCUT2D eigenvalue weighted by molar-refractivity contribution is 0.0946. The van der Waals surface area contributed by atoms with Crippen LogP contribution in [0.15, 0.2) is 41.0 Å². The van der Waals surface area contributed by atoms with E-state index in [1.165, 1.54) is 12.1 Å². The number of hydrogen-bond acceptors (Lipinski definition) is 3. The molecule has 1 N–H and O–H groups in total. The van der Waals surface area contributed by atoms with Gasteiger partial charge in [-0.15, -0.1) is 0 Å². The second-order valence-corrected chi connectivity index (χ2v) is 4.35. The minimum Gasteiger partial charge on any atom is -0.346 e. The van der Waals surface area contributed by atoms with E-state index in [1.807, 2.05) is 0 Å². The second-order valence-electron chi connectivity index (χ2n) is 3.50. The van der Waals surface area contributed by atoms with Crippen LogP contribution in [-0.4, -0.2) is 16.1 Å². The van der Waals surface area contributed by atoms with Gasteiger partial charge in [0.05, 0.1) is 22.3 Å². The van der Waals surface area contributed by atoms with Crippen molar-refractivity contribution in [2.75, 3.05) is 0 Å². The van der Waals surface area contributed by atoms with Crippen molar-refractivity contribution in [1.82, 2.24) is 15.5 Å². The Kier molecular flexibility index (Phi) is 3.99. The van der Waals surface area contributed by atoms with Crippen LogP contribution in [0.2, 0.25) is 0 Å². The van der Waals surface area contributed by atoms with Crippen LogP contribution in [0.1, 0.15) is 16.1 Å². The first kappa shape index (κ1) is 12.6. The molecule has 1 aromatic heterocycles. The number of halogens is 2. The Hall–Kier alpha value is -1.82. The predicted molar refractivity (Wildman–Crippen MR) is 67.3 cm³/mol. The number of nitrogens with zero attached hydrogens (tertiary/aromatic N) is 2. The summed E-state index contributed by atoms with van der Waals surface area (Å²) in [6, 6.07) is 8.00. The van der Waals surface area contributed by atoms with E-state index in [0.717, 1.165) is 0 Å². The van der Waals surface area contributed by atoms with Crippen molar-refractivity contribution >= 4 is 21.8 Å². The van der Waals surface area contributed by atoms with Gasteiger partial charge < -0.3 is 5.32 Å². The molecule has 6 heteroatoms. The van der Waals surface area contributed by atoms with Gasteiger partial charge in [-0.3, -0.25) is 4.79 Å². The molecule has 2 rings (SSSR count). The van der Waals surface area contributed by atoms with Gasteiger partial charge in [0.2, 0.25) is 0 Å². The molecule has 2 aromatic rings. The molecule has 4 nitrogen and oxygen atoms in total. The summed E-state index contributed by atoms with van der Waals surface area (Å²) in [5.74, 6) is -1.06. The quantitative estimate of drug-likeness (QED) is 0.946. The summed E-state index contributed by atoms with van der Waals surface area (Å²) < 4.78 is 13.9. The van der Waals surface area contributed by atoms with E-state index in [-0.39, 0.29) is 16.6 Å². The third-order valence-electron chi connectivity index (χ3n) is 2.25. The van der Waals surface area contributed by atoms with Crippen LogP contribution in [0, 0.1) is 5.82 Å². The van der Waals surface area contributed by atoms with Gasteiger partial charge in [-0.25, -0.2) is 4.39 Å². The Morgan fingerprint density at radius 1 is 1.33 bits per heavy atom. The fourth-order valence-corrected chi connectivity index (χ4v) is 1.74. The lowest BCUT2D eigenvalue weighted by Gasteiger charge is -2.06. The van der Waals surface area contributed by atoms with Crippen LogP contribution in [-0.2, 0) is 6.54 Å². The highest BCUT2D eigenvalue weighted by Gasteiger charge is 2.13. The number of nitrogens with one attached hydrogen (secondary N) is 1. The molecule has 92 valence electrons. The molecule has 0 unspecified atom stereocenters. The summed E-state index contributed by atoms with van der Waals surface area (Å²) in [7, 11) is 0. The summed E-state index contributed by atoms with van der Waals surface area (Å²) in [5.41, 5.74) is 0.606. The van der Waals surface area contributed by atoms with Crippen LogP contribution in [0.25, 0.3) is 0 Å². The maximum atomic E-state index is 13.6. The Morgan fingerprint density at radius 2 is 2.17 bits per heavy atom. The second kappa shape index (κ2) is 5.68. The highest BCUT2D eigenvalue weighted by Crippen LogP contribution is 2.18. The van der Waals surface area contributed by atoms with Crippen LogP contribution >= 0.6 is 15.9 Å². The van der Waals surface area contributed by atoms with Gasteiger partial charge in [-0.05, 0) is 40.2 Å². The molecule has 0 aliphatic rings. The average Bonchev–Trinajstić information content (AvgIpc) is 2.40. The standard InChI is InChI=1S/C12H9BrFN3O/c13-10-5-1-4-9(11(10)14)12(18)15-7-8-3-2-6-16-17-8/h1-6H,7H2,(H,15,18). The van der Waals surface area contributed by atoms with Crippen LogP contribution < -0.4 is 5.32 Å². The average molecular weight is 310 g/mol. The number of carbonyl (C=O) groups is 1. The van der Waals surface area contributed by atoms with Crippen LogP contribution in [0.4, 0.5) is 4.39 Å². The number of amides is 1. The Bertz CT molecular complexity index is 563. The third kappa shape index (κ3) is 2.89. The zero-order valence-corrected chi connectivity index (χ0v) is 10.8. The van der Waals surface area contributed by atoms with Crippen LogP contribution in [0.3, 0.4) is 0 Å². The Balaban J connectivity index is 2.07. The molecule has 0 aliphatic heterocycles. The first-order chi connectivity index (χ1) is 8.68. The molecule has 0 fully saturated rings. The van der Waals surface area contributed by atoms with Gasteiger partial charge in [-0.2, -0.15) is 10.2 Å². The molecular formula is C12H9BrFN3O. The fraction of sp³-hybridized carbons (Fsp3) is 0.0833. The SMILES string of the molecule is O=C(NCc1cccnn1)c1cccc(Br)c1F. The molecule has 0 bridgehead atoms. The topological polar surface area (TPSA) is 54.9 Å². The van der Waals surface area contributed by atoms with E-state index < -0.39 is 11.7 Å². The van der Waals surface area contributed by atoms with E-state index in [4.69, 9.17) is 0 Å². The molecule has 1 aromatic carbocycles. The van der Waals surface area contributed by atoms with E-state index in [2.05, 4.69) is 31.4 Å². The Morgan fingerprint density at radius 3 is 2.89 bits per heavy atom. The Labute approximate surface area is 111 Å². The molecule has 0 aliphatic carbocycles. The van der Waals surface area contributed by atoms with Crippen molar-refractivity contribution in [3.05, 3.63) is 58.1 Å². The van der Waals surface area contributed by atoms with Gasteiger partial charge in [0, 0.05) is 6.20 Å². The molecule has 1 heterocycles. The molecule has 1 amide bonds. The van der Waals surface area contributed by atoms with E-state index in [1.54, 1.807) is 24.4 Å². The summed E-state index contributed by atoms with van der Waals surface area (Å²) in [5, 5.41) is 10.1. The van der Waals surface area contributed by atoms with Gasteiger partial charge >= 0.3 is 0 Å². The number of rotatable bonds is 3. The minimum absolute atomic E-state index is 0.00624. The molecule has 0 atom stereocenters. The van der Waals surface area contributed by atoms with Crippen LogP contribution in [0.5, 0.6) is 0 Å². The van der Waals surface area contributed by atoms with E-state index in [0.29, 0.717) is 5.69 Å². The van der Waals surface area contributed by atoms with Crippen molar-refractivity contribution in [3.8, 4) is 0 Å². The molecule has 0 radical (unpaired) electrons. The number of hydrogen-bond donors (Lipinski definition) is 1. The zero-order chi connectivity index (χ0) is 13.0. The van der Waals surface area contributed by atoms with Gasteiger partial charge in [0.1, 0.15) is 5.82 Å². The highest BCUT2D eigenvalue weighted by molar-refractivity contribution is 9.10. The van der Waals surface area contributed by atoms with Gasteiger partial charge in [0.25, 0.3) is 5.91 Å². The van der Waals surface area contributed by atoms with Crippen molar-refractivity contribution in [1.29, 1.82) is 0 Å². The molecule has 0 spiro atoms. The minimum atomic E-state index is -0.575. The first-order valence-electron chi connectivity index (χ1n) is 5.17. The molecule has 18 heavy (non-hydrogen) atoms. The van der Waals surface area contributed by atoms with Crippen molar-refractivity contribution < 1.29 is 9.18 Å². The molecule has 0 saturated carbocycles. The normalized spacial score (nSPS) is 10.1. The fourth-order valence-electron chi connectivity index (χ4n) is 1.37. The summed E-state index contributed by atoms with van der Waals surface area (Å²) in [4.78, 5) is 11.8. The maximum Gasteiger partial charge on any atom is 0.254 e. The third-order valence-corrected chi connectivity index (χ3v) is 2.87. The van der Waals surface area contributed by atoms with Gasteiger partial charge in [0.15, 0.2) is 0 Å². The number of benzene rings is 1. The largest absolute Gasteiger partial charge is 0.346 e. The van der Waals surface area contributed by atoms with Gasteiger partial charge in [-0.1, -0.05) is 6.07 Å².